The van der Waals surface area contributed by atoms with Crippen LogP contribution in [-0.4, -0.2) is 22.2 Å². The van der Waals surface area contributed by atoms with Crippen molar-refractivity contribution in [1.82, 2.24) is 0 Å². The van der Waals surface area contributed by atoms with Crippen molar-refractivity contribution in [2.24, 2.45) is 0 Å². The van der Waals surface area contributed by atoms with Gasteiger partial charge in [-0.3, -0.25) is 9.59 Å². The van der Waals surface area contributed by atoms with E-state index in [1.807, 2.05) is 0 Å². The van der Waals surface area contributed by atoms with Crippen molar-refractivity contribution in [3.05, 3.63) is 0 Å². The van der Waals surface area contributed by atoms with E-state index in [1.165, 1.54) is 238 Å². The molecule has 0 aromatic carbocycles. The molecule has 0 rings (SSSR count). The number of unbranched alkanes of at least 4 members (excludes halogenated alkanes) is 39. The summed E-state index contributed by atoms with van der Waals surface area (Å²) in [5.74, 6) is -1.30. The molecule has 0 aromatic rings. The first-order valence-electron chi connectivity index (χ1n) is 23.5. The third-order valence-electron chi connectivity index (χ3n) is 10.7. The van der Waals surface area contributed by atoms with Crippen molar-refractivity contribution in [2.75, 3.05) is 0 Å². The van der Waals surface area contributed by atoms with E-state index in [2.05, 4.69) is 13.8 Å². The largest absolute Gasteiger partial charge is 0.481 e. The van der Waals surface area contributed by atoms with Crippen molar-refractivity contribution in [2.45, 2.75) is 290 Å². The minimum Gasteiger partial charge on any atom is -0.481 e. The molecular weight excluding hydrogens is 629 g/mol. The second kappa shape index (κ2) is 48.9. The van der Waals surface area contributed by atoms with Gasteiger partial charge in [0.25, 0.3) is 0 Å². The van der Waals surface area contributed by atoms with Crippen molar-refractivity contribution < 1.29 is 19.8 Å². The molecule has 4 heteroatoms. The molecule has 2 N–H and O–H groups in total. The molecule has 0 unspecified atom stereocenters. The molecule has 4 nitrogen and oxygen atoms in total. The van der Waals surface area contributed by atoms with E-state index in [0.717, 1.165) is 25.7 Å². The van der Waals surface area contributed by atoms with Gasteiger partial charge in [0.15, 0.2) is 0 Å². The van der Waals surface area contributed by atoms with E-state index < -0.39 is 11.9 Å². The van der Waals surface area contributed by atoms with Gasteiger partial charge in [0, 0.05) is 12.8 Å². The van der Waals surface area contributed by atoms with Crippen LogP contribution in [0.5, 0.6) is 0 Å². The van der Waals surface area contributed by atoms with Gasteiger partial charge >= 0.3 is 11.9 Å². The molecule has 0 aliphatic rings. The fourth-order valence-corrected chi connectivity index (χ4v) is 7.24. The van der Waals surface area contributed by atoms with Gasteiger partial charge in [-0.05, 0) is 12.8 Å². The molecule has 0 amide bonds. The number of hydrogen-bond donors (Lipinski definition) is 2. The molecule has 0 aliphatic heterocycles. The minimum absolute atomic E-state index is 0.345. The molecule has 0 saturated carbocycles. The average molecular weight is 723 g/mol. The number of rotatable bonds is 43. The Hall–Kier alpha value is -1.06. The SMILES string of the molecule is CCCCCCCCCCCCCCC(=O)O.CCCCCCCCCCCCCCCCCCCCCCCCCCCCCCCC(=O)O. The van der Waals surface area contributed by atoms with Gasteiger partial charge in [-0.25, -0.2) is 0 Å². The second-order valence-electron chi connectivity index (χ2n) is 16.1. The molecule has 306 valence electrons. The van der Waals surface area contributed by atoms with Gasteiger partial charge in [0.05, 0.1) is 0 Å². The third kappa shape index (κ3) is 55.9. The van der Waals surface area contributed by atoms with Crippen LogP contribution in [0.25, 0.3) is 0 Å². The fraction of sp³-hybridized carbons (Fsp3) is 0.957. The van der Waals surface area contributed by atoms with Crippen LogP contribution in [0.3, 0.4) is 0 Å². The van der Waals surface area contributed by atoms with E-state index in [4.69, 9.17) is 10.2 Å². The van der Waals surface area contributed by atoms with Gasteiger partial charge in [-0.1, -0.05) is 264 Å². The summed E-state index contributed by atoms with van der Waals surface area (Å²) in [5.41, 5.74) is 0. The van der Waals surface area contributed by atoms with E-state index in [9.17, 15) is 9.59 Å². The summed E-state index contributed by atoms with van der Waals surface area (Å²) < 4.78 is 0. The van der Waals surface area contributed by atoms with Gasteiger partial charge in [0.2, 0.25) is 0 Å². The van der Waals surface area contributed by atoms with Crippen LogP contribution in [0, 0.1) is 0 Å². The number of hydrogen-bond acceptors (Lipinski definition) is 2. The molecule has 0 spiro atoms. The van der Waals surface area contributed by atoms with Gasteiger partial charge in [-0.15, -0.1) is 0 Å². The lowest BCUT2D eigenvalue weighted by molar-refractivity contribution is -0.138. The van der Waals surface area contributed by atoms with Crippen molar-refractivity contribution in [3.8, 4) is 0 Å². The van der Waals surface area contributed by atoms with Crippen LogP contribution >= 0.6 is 0 Å². The Morgan fingerprint density at radius 3 is 0.471 bits per heavy atom. The van der Waals surface area contributed by atoms with Crippen LogP contribution in [0.2, 0.25) is 0 Å². The molecule has 0 atom stereocenters. The van der Waals surface area contributed by atoms with Crippen molar-refractivity contribution in [1.29, 1.82) is 0 Å². The maximum absolute atomic E-state index is 10.5. The summed E-state index contributed by atoms with van der Waals surface area (Å²) in [6.45, 7) is 4.55. The first-order chi connectivity index (χ1) is 25.0. The molecule has 0 aliphatic carbocycles. The summed E-state index contributed by atoms with van der Waals surface area (Å²) in [6, 6.07) is 0. The minimum atomic E-state index is -0.655. The smallest absolute Gasteiger partial charge is 0.303 e. The number of carboxylic acids is 2. The first-order valence-corrected chi connectivity index (χ1v) is 23.5. The molecule has 0 fully saturated rings. The normalized spacial score (nSPS) is 11.1. The Labute approximate surface area is 320 Å². The quantitative estimate of drug-likeness (QED) is 0.0615. The monoisotopic (exact) mass is 723 g/mol. The highest BCUT2D eigenvalue weighted by molar-refractivity contribution is 5.66. The number of aliphatic carboxylic acids is 2. The summed E-state index contributed by atoms with van der Waals surface area (Å²) in [5, 5.41) is 17.1. The Kier molecular flexibility index (Phi) is 49.9. The maximum Gasteiger partial charge on any atom is 0.303 e. The summed E-state index contributed by atoms with van der Waals surface area (Å²) in [6.07, 6.45) is 56.8. The van der Waals surface area contributed by atoms with Gasteiger partial charge < -0.3 is 10.2 Å². The Bertz CT molecular complexity index is 648. The predicted molar refractivity (Wildman–Crippen MR) is 225 cm³/mol. The average Bonchev–Trinajstić information content (AvgIpc) is 3.11. The zero-order valence-electron chi connectivity index (χ0n) is 35.1. The lowest BCUT2D eigenvalue weighted by atomic mass is 10.0. The standard InChI is InChI=1S/C32H64O2.C15H30O2/c1-2-3-4-5-6-7-8-9-10-11-12-13-14-15-16-17-18-19-20-21-22-23-24-25-26-27-28-29-30-31-32(33)34;1-2-3-4-5-6-7-8-9-10-11-12-13-14-15(16)17/h2-31H2,1H3,(H,33,34);2-14H2,1H3,(H,16,17). The zero-order valence-corrected chi connectivity index (χ0v) is 35.1. The third-order valence-corrected chi connectivity index (χ3v) is 10.7. The Balaban J connectivity index is 0. The number of carbonyl (C=O) groups is 2. The lowest BCUT2D eigenvalue weighted by Gasteiger charge is -2.04. The van der Waals surface area contributed by atoms with Gasteiger partial charge in [-0.2, -0.15) is 0 Å². The molecule has 0 bridgehead atoms. The summed E-state index contributed by atoms with van der Waals surface area (Å²) in [7, 11) is 0. The Morgan fingerprint density at radius 1 is 0.235 bits per heavy atom. The topological polar surface area (TPSA) is 74.6 Å². The van der Waals surface area contributed by atoms with Crippen molar-refractivity contribution >= 4 is 11.9 Å². The van der Waals surface area contributed by atoms with E-state index in [0.29, 0.717) is 12.8 Å². The maximum atomic E-state index is 10.5. The van der Waals surface area contributed by atoms with Crippen LogP contribution < -0.4 is 0 Å². The second-order valence-corrected chi connectivity index (χ2v) is 16.1. The highest BCUT2D eigenvalue weighted by Crippen LogP contribution is 2.17. The molecule has 51 heavy (non-hydrogen) atoms. The lowest BCUT2D eigenvalue weighted by Crippen LogP contribution is -1.93. The highest BCUT2D eigenvalue weighted by atomic mass is 16.4. The zero-order chi connectivity index (χ0) is 37.6. The molecule has 0 saturated heterocycles. The molecule has 0 aromatic heterocycles. The van der Waals surface area contributed by atoms with Crippen molar-refractivity contribution in [3.63, 3.8) is 0 Å². The molecule has 0 radical (unpaired) electrons. The van der Waals surface area contributed by atoms with E-state index in [1.54, 1.807) is 0 Å². The predicted octanol–water partition coefficient (Wildman–Crippen LogP) is 17.0. The first kappa shape index (κ1) is 52.0. The van der Waals surface area contributed by atoms with Gasteiger partial charge in [0.1, 0.15) is 0 Å². The summed E-state index contributed by atoms with van der Waals surface area (Å²) in [4.78, 5) is 20.7. The fourth-order valence-electron chi connectivity index (χ4n) is 7.24. The van der Waals surface area contributed by atoms with E-state index >= 15 is 0 Å². The highest BCUT2D eigenvalue weighted by Gasteiger charge is 1.99. The van der Waals surface area contributed by atoms with Crippen LogP contribution in [0.1, 0.15) is 290 Å². The van der Waals surface area contributed by atoms with E-state index in [-0.39, 0.29) is 0 Å². The number of carboxylic acid groups (broad SMARTS) is 2. The summed E-state index contributed by atoms with van der Waals surface area (Å²) >= 11 is 0. The van der Waals surface area contributed by atoms with Crippen LogP contribution in [-0.2, 0) is 9.59 Å². The van der Waals surface area contributed by atoms with Crippen LogP contribution in [0.15, 0.2) is 0 Å². The Morgan fingerprint density at radius 2 is 0.353 bits per heavy atom. The molecular formula is C47H94O4. The van der Waals surface area contributed by atoms with Crippen LogP contribution in [0.4, 0.5) is 0 Å². The molecule has 0 heterocycles.